The molecule has 3 fully saturated rings. The Morgan fingerprint density at radius 3 is 2.60 bits per heavy atom. The summed E-state index contributed by atoms with van der Waals surface area (Å²) < 4.78 is 2.31. The normalized spacial score (nSPS) is 41.4. The lowest BCUT2D eigenvalue weighted by Crippen LogP contribution is -2.50. The second-order valence-corrected chi connectivity index (χ2v) is 7.00. The van der Waals surface area contributed by atoms with Gasteiger partial charge in [-0.2, -0.15) is 0 Å². The Balaban J connectivity index is 1.42. The molecule has 2 aliphatic heterocycles. The number of fused-ring (bicyclic) bond motifs is 2. The molecule has 0 radical (unpaired) electrons. The summed E-state index contributed by atoms with van der Waals surface area (Å²) in [6.07, 6.45) is 15.5. The third kappa shape index (κ3) is 2.19. The molecule has 2 bridgehead atoms. The van der Waals surface area contributed by atoms with Crippen LogP contribution < -0.4 is 5.32 Å². The van der Waals surface area contributed by atoms with Gasteiger partial charge < -0.3 is 14.8 Å². The average Bonchev–Trinajstić information content (AvgIpc) is 3.12. The van der Waals surface area contributed by atoms with Gasteiger partial charge in [-0.15, -0.1) is 0 Å². The molecule has 1 aromatic heterocycles. The monoisotopic (exact) mass is 274 g/mol. The Morgan fingerprint density at radius 1 is 1.10 bits per heavy atom. The first-order valence-electron chi connectivity index (χ1n) is 8.26. The Bertz CT molecular complexity index is 429. The SMILES string of the molecule is CN1C2CCC1CC(NC1CCCC1n1ccnc1)C2. The number of nitrogens with one attached hydrogen (secondary N) is 1. The second-order valence-electron chi connectivity index (χ2n) is 7.00. The van der Waals surface area contributed by atoms with Crippen molar-refractivity contribution in [2.45, 2.75) is 75.2 Å². The van der Waals surface area contributed by atoms with Crippen molar-refractivity contribution in [1.29, 1.82) is 0 Å². The Morgan fingerprint density at radius 2 is 1.90 bits per heavy atom. The summed E-state index contributed by atoms with van der Waals surface area (Å²) in [5.74, 6) is 0. The molecular formula is C16H26N4. The van der Waals surface area contributed by atoms with E-state index in [0.717, 1.165) is 18.1 Å². The zero-order chi connectivity index (χ0) is 13.5. The van der Waals surface area contributed by atoms with Gasteiger partial charge in [0.25, 0.3) is 0 Å². The maximum absolute atomic E-state index is 4.22. The van der Waals surface area contributed by atoms with Gasteiger partial charge in [-0.05, 0) is 52.0 Å². The van der Waals surface area contributed by atoms with E-state index in [2.05, 4.69) is 33.0 Å². The molecule has 3 heterocycles. The van der Waals surface area contributed by atoms with Gasteiger partial charge in [-0.1, -0.05) is 0 Å². The molecule has 4 unspecified atom stereocenters. The van der Waals surface area contributed by atoms with Gasteiger partial charge in [0.1, 0.15) is 0 Å². The molecule has 20 heavy (non-hydrogen) atoms. The lowest BCUT2D eigenvalue weighted by molar-refractivity contribution is 0.139. The topological polar surface area (TPSA) is 33.1 Å². The van der Waals surface area contributed by atoms with E-state index in [1.807, 2.05) is 12.5 Å². The van der Waals surface area contributed by atoms with Crippen molar-refractivity contribution in [1.82, 2.24) is 19.8 Å². The third-order valence-electron chi connectivity index (χ3n) is 5.94. The smallest absolute Gasteiger partial charge is 0.0949 e. The Hall–Kier alpha value is -0.870. The maximum Gasteiger partial charge on any atom is 0.0949 e. The highest BCUT2D eigenvalue weighted by Gasteiger charge is 2.40. The van der Waals surface area contributed by atoms with Gasteiger partial charge in [0, 0.05) is 42.6 Å². The van der Waals surface area contributed by atoms with Crippen molar-refractivity contribution in [3.63, 3.8) is 0 Å². The molecule has 1 saturated carbocycles. The van der Waals surface area contributed by atoms with E-state index in [-0.39, 0.29) is 0 Å². The zero-order valence-electron chi connectivity index (χ0n) is 12.4. The molecule has 4 atom stereocenters. The van der Waals surface area contributed by atoms with E-state index >= 15 is 0 Å². The zero-order valence-corrected chi connectivity index (χ0v) is 12.4. The summed E-state index contributed by atoms with van der Waals surface area (Å²) in [5, 5.41) is 4.00. The lowest BCUT2D eigenvalue weighted by Gasteiger charge is -2.38. The quantitative estimate of drug-likeness (QED) is 0.917. The lowest BCUT2D eigenvalue weighted by atomic mass is 9.96. The predicted octanol–water partition coefficient (Wildman–Crippen LogP) is 2.19. The molecule has 1 aromatic rings. The molecule has 2 saturated heterocycles. The fraction of sp³-hybridized carbons (Fsp3) is 0.812. The van der Waals surface area contributed by atoms with Crippen molar-refractivity contribution in [3.05, 3.63) is 18.7 Å². The maximum atomic E-state index is 4.22. The fourth-order valence-electron chi connectivity index (χ4n) is 4.81. The van der Waals surface area contributed by atoms with E-state index in [1.165, 1.54) is 44.9 Å². The van der Waals surface area contributed by atoms with Crippen molar-refractivity contribution in [2.24, 2.45) is 0 Å². The molecule has 4 heteroatoms. The standard InChI is InChI=1S/C16H26N4/c1-19-13-5-6-14(19)10-12(9-13)18-15-3-2-4-16(15)20-8-7-17-11-20/h7-8,11-16,18H,2-6,9-10H2,1H3. The number of nitrogens with zero attached hydrogens (tertiary/aromatic N) is 3. The van der Waals surface area contributed by atoms with Crippen LogP contribution in [-0.2, 0) is 0 Å². The molecule has 0 amide bonds. The van der Waals surface area contributed by atoms with E-state index in [4.69, 9.17) is 0 Å². The molecule has 4 rings (SSSR count). The molecule has 110 valence electrons. The summed E-state index contributed by atoms with van der Waals surface area (Å²) >= 11 is 0. The van der Waals surface area contributed by atoms with Crippen LogP contribution in [-0.4, -0.2) is 45.7 Å². The number of rotatable bonds is 3. The first kappa shape index (κ1) is 12.8. The molecule has 0 spiro atoms. The van der Waals surface area contributed by atoms with E-state index in [9.17, 15) is 0 Å². The minimum absolute atomic E-state index is 0.620. The van der Waals surface area contributed by atoms with Gasteiger partial charge >= 0.3 is 0 Å². The van der Waals surface area contributed by atoms with Gasteiger partial charge in [-0.25, -0.2) is 4.98 Å². The van der Waals surface area contributed by atoms with Crippen LogP contribution >= 0.6 is 0 Å². The van der Waals surface area contributed by atoms with E-state index in [1.54, 1.807) is 0 Å². The highest BCUT2D eigenvalue weighted by molar-refractivity contribution is 4.99. The van der Waals surface area contributed by atoms with Crippen LogP contribution in [0.3, 0.4) is 0 Å². The van der Waals surface area contributed by atoms with Crippen LogP contribution in [0.5, 0.6) is 0 Å². The molecule has 1 N–H and O–H groups in total. The van der Waals surface area contributed by atoms with Crippen molar-refractivity contribution < 1.29 is 0 Å². The molecule has 1 aliphatic carbocycles. The summed E-state index contributed by atoms with van der Waals surface area (Å²) in [5.41, 5.74) is 0. The second kappa shape index (κ2) is 5.15. The van der Waals surface area contributed by atoms with E-state index in [0.29, 0.717) is 12.1 Å². The summed E-state index contributed by atoms with van der Waals surface area (Å²) in [6, 6.07) is 3.67. The number of aromatic nitrogens is 2. The van der Waals surface area contributed by atoms with Crippen molar-refractivity contribution in [3.8, 4) is 0 Å². The third-order valence-corrected chi connectivity index (χ3v) is 5.94. The van der Waals surface area contributed by atoms with Gasteiger partial charge in [0.05, 0.1) is 6.33 Å². The number of hydrogen-bond acceptors (Lipinski definition) is 3. The summed E-state index contributed by atoms with van der Waals surface area (Å²) in [7, 11) is 2.32. The molecular weight excluding hydrogens is 248 g/mol. The Kier molecular flexibility index (Phi) is 3.31. The van der Waals surface area contributed by atoms with Crippen LogP contribution in [0.2, 0.25) is 0 Å². The summed E-state index contributed by atoms with van der Waals surface area (Å²) in [4.78, 5) is 6.85. The molecule has 4 nitrogen and oxygen atoms in total. The Labute approximate surface area is 121 Å². The predicted molar refractivity (Wildman–Crippen MR) is 79.6 cm³/mol. The highest BCUT2D eigenvalue weighted by atomic mass is 15.2. The van der Waals surface area contributed by atoms with Crippen LogP contribution in [0.15, 0.2) is 18.7 Å². The van der Waals surface area contributed by atoms with Crippen LogP contribution in [0, 0.1) is 0 Å². The summed E-state index contributed by atoms with van der Waals surface area (Å²) in [6.45, 7) is 0. The fourth-order valence-corrected chi connectivity index (χ4v) is 4.81. The van der Waals surface area contributed by atoms with Crippen molar-refractivity contribution >= 4 is 0 Å². The van der Waals surface area contributed by atoms with Crippen molar-refractivity contribution in [2.75, 3.05) is 7.05 Å². The van der Waals surface area contributed by atoms with Gasteiger partial charge in [-0.3, -0.25) is 0 Å². The minimum atomic E-state index is 0.620. The minimum Gasteiger partial charge on any atom is -0.333 e. The van der Waals surface area contributed by atoms with Crippen LogP contribution in [0.4, 0.5) is 0 Å². The van der Waals surface area contributed by atoms with Crippen LogP contribution in [0.25, 0.3) is 0 Å². The largest absolute Gasteiger partial charge is 0.333 e. The first-order valence-corrected chi connectivity index (χ1v) is 8.26. The average molecular weight is 274 g/mol. The van der Waals surface area contributed by atoms with Crippen LogP contribution in [0.1, 0.15) is 51.0 Å². The first-order chi connectivity index (χ1) is 9.81. The molecule has 3 aliphatic rings. The molecule has 0 aromatic carbocycles. The number of hydrogen-bond donors (Lipinski definition) is 1. The number of piperidine rings is 1. The van der Waals surface area contributed by atoms with E-state index < -0.39 is 0 Å². The number of imidazole rings is 1. The van der Waals surface area contributed by atoms with Gasteiger partial charge in [0.15, 0.2) is 0 Å². The highest BCUT2D eigenvalue weighted by Crippen LogP contribution is 2.36. The van der Waals surface area contributed by atoms with Gasteiger partial charge in [0.2, 0.25) is 0 Å².